The number of ether oxygens (including phenoxy) is 1. The van der Waals surface area contributed by atoms with Gasteiger partial charge < -0.3 is 15.4 Å². The van der Waals surface area contributed by atoms with Crippen molar-refractivity contribution >= 4 is 27.4 Å². The lowest BCUT2D eigenvalue weighted by molar-refractivity contribution is 0.250. The summed E-state index contributed by atoms with van der Waals surface area (Å²) in [5.74, 6) is -0.236. The maximum absolute atomic E-state index is 14.5. The summed E-state index contributed by atoms with van der Waals surface area (Å²) in [7, 11) is -1.44. The van der Waals surface area contributed by atoms with Crippen molar-refractivity contribution in [2.45, 2.75) is 12.7 Å². The van der Waals surface area contributed by atoms with Gasteiger partial charge in [0.1, 0.15) is 29.0 Å². The van der Waals surface area contributed by atoms with Crippen LogP contribution >= 0.6 is 0 Å². The van der Waals surface area contributed by atoms with Gasteiger partial charge in [-0.25, -0.2) is 27.8 Å². The van der Waals surface area contributed by atoms with Gasteiger partial charge in [0, 0.05) is 39.0 Å². The number of amides is 2. The lowest BCUT2D eigenvalue weighted by atomic mass is 10.0. The Bertz CT molecular complexity index is 1300. The van der Waals surface area contributed by atoms with Crippen LogP contribution in [0.4, 0.5) is 25.2 Å². The fourth-order valence-electron chi connectivity index (χ4n) is 3.07. The molecule has 178 valence electrons. The molecule has 0 saturated heterocycles. The Hall–Kier alpha value is -3.60. The first-order valence-electron chi connectivity index (χ1n) is 9.90. The molecular formula is C22H27F2N5O3S. The van der Waals surface area contributed by atoms with Gasteiger partial charge in [-0.3, -0.25) is 0 Å². The molecule has 0 spiro atoms. The summed E-state index contributed by atoms with van der Waals surface area (Å²) in [4.78, 5) is 19.9. The molecule has 2 heterocycles. The maximum Gasteiger partial charge on any atom is 0.349 e. The van der Waals surface area contributed by atoms with Crippen LogP contribution in [0.5, 0.6) is 5.75 Å². The van der Waals surface area contributed by atoms with Gasteiger partial charge in [-0.1, -0.05) is 0 Å². The lowest BCUT2D eigenvalue weighted by Gasteiger charge is -2.12. The summed E-state index contributed by atoms with van der Waals surface area (Å²) in [6.45, 7) is 2.13. The maximum atomic E-state index is 14.5. The van der Waals surface area contributed by atoms with Crippen LogP contribution in [0.15, 0.2) is 53.2 Å². The Labute approximate surface area is 193 Å². The Morgan fingerprint density at radius 3 is 2.64 bits per heavy atom. The summed E-state index contributed by atoms with van der Waals surface area (Å²) in [6, 6.07) is 7.93. The molecule has 1 atom stereocenters. The lowest BCUT2D eigenvalue weighted by Crippen LogP contribution is -2.20. The predicted molar refractivity (Wildman–Crippen MR) is 127 cm³/mol. The molecule has 3 rings (SSSR count). The zero-order valence-corrected chi connectivity index (χ0v) is 19.1. The van der Waals surface area contributed by atoms with E-state index in [9.17, 15) is 17.8 Å². The number of nitrogens with zero attached hydrogens (tertiary/aromatic N) is 3. The third-order valence-electron chi connectivity index (χ3n) is 4.43. The van der Waals surface area contributed by atoms with E-state index in [1.54, 1.807) is 19.1 Å². The Morgan fingerprint density at radius 1 is 1.15 bits per heavy atom. The quantitative estimate of drug-likeness (QED) is 0.494. The van der Waals surface area contributed by atoms with Gasteiger partial charge in [-0.15, -0.1) is 4.36 Å². The van der Waals surface area contributed by atoms with Crippen molar-refractivity contribution in [1.29, 1.82) is 0 Å². The van der Waals surface area contributed by atoms with Gasteiger partial charge in [-0.2, -0.15) is 0 Å². The molecule has 0 aliphatic carbocycles. The van der Waals surface area contributed by atoms with Crippen LogP contribution in [0, 0.1) is 11.6 Å². The number of halogens is 2. The molecule has 11 heteroatoms. The Kier molecular flexibility index (Phi) is 7.54. The molecule has 0 aliphatic rings. The molecule has 33 heavy (non-hydrogen) atoms. The van der Waals surface area contributed by atoms with Crippen LogP contribution in [0.25, 0.3) is 11.1 Å². The summed E-state index contributed by atoms with van der Waals surface area (Å²) >= 11 is 0. The highest BCUT2D eigenvalue weighted by Gasteiger charge is 2.14. The van der Waals surface area contributed by atoms with Crippen LogP contribution in [-0.2, 0) is 15.5 Å². The standard InChI is InChI=1S/C22H23F2N5O3S.2H2/c1-4-25-22(30)29-33(3,31)13-14-7-8-26-20(9-14)28-21-11-17(18(24)12-27-21)16-6-5-15(23)10-19(16)32-2;;/h5-12H,4,13H2,1-3H3,(H,25,30)(H,26,27,28);2*1H. The second-order valence-electron chi connectivity index (χ2n) is 7.10. The first-order valence-corrected chi connectivity index (χ1v) is 12.0. The number of methoxy groups -OCH3 is 1. The van der Waals surface area contributed by atoms with Gasteiger partial charge in [0.05, 0.1) is 28.8 Å². The fourth-order valence-corrected chi connectivity index (χ4v) is 4.34. The second-order valence-corrected chi connectivity index (χ2v) is 9.49. The molecule has 0 saturated carbocycles. The van der Waals surface area contributed by atoms with Crippen molar-refractivity contribution in [2.75, 3.05) is 25.2 Å². The SMILES string of the molecule is CCNC(=O)N=S(C)(=O)Cc1ccnc(Nc2cc(-c3ccc(F)cc3OC)c(F)cn2)c1.[HH].[HH]. The second kappa shape index (κ2) is 10.3. The van der Waals surface area contributed by atoms with E-state index >= 15 is 0 Å². The first-order chi connectivity index (χ1) is 15.7. The van der Waals surface area contributed by atoms with E-state index in [-0.39, 0.29) is 25.7 Å². The van der Waals surface area contributed by atoms with Crippen molar-refractivity contribution in [1.82, 2.24) is 15.3 Å². The largest absolute Gasteiger partial charge is 0.496 e. The number of urea groups is 1. The van der Waals surface area contributed by atoms with E-state index < -0.39 is 27.4 Å². The normalized spacial score (nSPS) is 12.5. The van der Waals surface area contributed by atoms with Crippen molar-refractivity contribution in [3.63, 3.8) is 0 Å². The number of carbonyl (C=O) groups is 1. The average molecular weight is 480 g/mol. The minimum Gasteiger partial charge on any atom is -0.496 e. The van der Waals surface area contributed by atoms with Crippen LogP contribution in [0.3, 0.4) is 0 Å². The number of pyridine rings is 2. The third kappa shape index (κ3) is 6.45. The molecule has 8 nitrogen and oxygen atoms in total. The van der Waals surface area contributed by atoms with Gasteiger partial charge >= 0.3 is 6.03 Å². The molecular weight excluding hydrogens is 452 g/mol. The van der Waals surface area contributed by atoms with E-state index in [2.05, 4.69) is 25.0 Å². The molecule has 0 aliphatic heterocycles. The summed E-state index contributed by atoms with van der Waals surface area (Å²) in [5, 5.41) is 5.46. The van der Waals surface area contributed by atoms with Crippen molar-refractivity contribution in [3.8, 4) is 16.9 Å². The number of hydrogen-bond acceptors (Lipinski definition) is 6. The minimum absolute atomic E-state index is 0. The molecule has 0 fully saturated rings. The molecule has 1 unspecified atom stereocenters. The number of nitrogens with one attached hydrogen (secondary N) is 2. The third-order valence-corrected chi connectivity index (χ3v) is 5.85. The molecule has 2 N–H and O–H groups in total. The highest BCUT2D eigenvalue weighted by atomic mass is 32.2. The van der Waals surface area contributed by atoms with E-state index in [0.717, 1.165) is 6.20 Å². The predicted octanol–water partition coefficient (Wildman–Crippen LogP) is 4.99. The van der Waals surface area contributed by atoms with Crippen LogP contribution < -0.4 is 15.4 Å². The topological polar surface area (TPSA) is 106 Å². The molecule has 0 bridgehead atoms. The molecule has 2 aromatic heterocycles. The summed E-state index contributed by atoms with van der Waals surface area (Å²) in [5.41, 5.74) is 1.16. The zero-order chi connectivity index (χ0) is 24.0. The van der Waals surface area contributed by atoms with Crippen LogP contribution in [0.1, 0.15) is 15.3 Å². The van der Waals surface area contributed by atoms with Crippen molar-refractivity contribution in [2.24, 2.45) is 4.36 Å². The van der Waals surface area contributed by atoms with Crippen LogP contribution in [-0.4, -0.2) is 40.1 Å². The number of hydrogen-bond donors (Lipinski definition) is 2. The van der Waals surface area contributed by atoms with E-state index in [1.807, 2.05) is 0 Å². The zero-order valence-electron chi connectivity index (χ0n) is 18.3. The van der Waals surface area contributed by atoms with Gasteiger partial charge in [0.15, 0.2) is 0 Å². The number of rotatable bonds is 7. The van der Waals surface area contributed by atoms with E-state index in [0.29, 0.717) is 23.5 Å². The van der Waals surface area contributed by atoms with Gasteiger partial charge in [0.25, 0.3) is 0 Å². The number of anilines is 2. The Morgan fingerprint density at radius 2 is 1.91 bits per heavy atom. The number of aromatic nitrogens is 2. The Balaban J connectivity index is 0.00000306. The highest BCUT2D eigenvalue weighted by molar-refractivity contribution is 7.92. The smallest absolute Gasteiger partial charge is 0.349 e. The average Bonchev–Trinajstić information content (AvgIpc) is 2.75. The van der Waals surface area contributed by atoms with Crippen LogP contribution in [0.2, 0.25) is 0 Å². The molecule has 1 aromatic carbocycles. The minimum atomic E-state index is -2.81. The molecule has 0 radical (unpaired) electrons. The molecule has 3 aromatic rings. The first kappa shape index (κ1) is 24.1. The highest BCUT2D eigenvalue weighted by Crippen LogP contribution is 2.33. The summed E-state index contributed by atoms with van der Waals surface area (Å²) in [6.07, 6.45) is 3.95. The fraction of sp³-hybridized carbons (Fsp3) is 0.227. The monoisotopic (exact) mass is 479 g/mol. The number of benzene rings is 1. The van der Waals surface area contributed by atoms with Crippen molar-refractivity contribution in [3.05, 3.63) is 66.0 Å². The van der Waals surface area contributed by atoms with Gasteiger partial charge in [0.2, 0.25) is 0 Å². The van der Waals surface area contributed by atoms with E-state index in [1.165, 1.54) is 43.8 Å². The van der Waals surface area contributed by atoms with E-state index in [4.69, 9.17) is 4.74 Å². The molecule has 2 amide bonds. The summed E-state index contributed by atoms with van der Waals surface area (Å²) < 4.78 is 49.6. The van der Waals surface area contributed by atoms with Crippen molar-refractivity contribution < 1.29 is 25.4 Å². The van der Waals surface area contributed by atoms with Gasteiger partial charge in [-0.05, 0) is 42.8 Å². The number of carbonyl (C=O) groups excluding carboxylic acids is 1.